The van der Waals surface area contributed by atoms with Gasteiger partial charge >= 0.3 is 0 Å². The molecule has 2 aliphatic rings. The molecule has 2 aromatic carbocycles. The van der Waals surface area contributed by atoms with E-state index in [1.54, 1.807) is 34.6 Å². The summed E-state index contributed by atoms with van der Waals surface area (Å²) in [4.78, 5) is 9.67. The van der Waals surface area contributed by atoms with Crippen LogP contribution in [0.5, 0.6) is 0 Å². The van der Waals surface area contributed by atoms with Crippen LogP contribution in [-0.4, -0.2) is 40.1 Å². The maximum Gasteiger partial charge on any atom is 0.243 e. The van der Waals surface area contributed by atoms with Gasteiger partial charge in [0.1, 0.15) is 5.65 Å². The number of rotatable bonds is 5. The molecule has 2 aromatic heterocycles. The molecule has 4 aromatic rings. The highest BCUT2D eigenvalue weighted by Crippen LogP contribution is 2.37. The number of sulfonamides is 1. The van der Waals surface area contributed by atoms with Crippen LogP contribution in [0.15, 0.2) is 76.7 Å². The molecule has 2 aliphatic heterocycles. The van der Waals surface area contributed by atoms with E-state index >= 15 is 0 Å². The lowest BCUT2D eigenvalue weighted by Crippen LogP contribution is -2.27. The predicted molar refractivity (Wildman–Crippen MR) is 131 cm³/mol. The van der Waals surface area contributed by atoms with Crippen LogP contribution in [0.3, 0.4) is 0 Å². The molecule has 0 atom stereocenters. The van der Waals surface area contributed by atoms with Crippen molar-refractivity contribution in [2.24, 2.45) is 0 Å². The van der Waals surface area contributed by atoms with Crippen molar-refractivity contribution in [1.29, 1.82) is 0 Å². The Labute approximate surface area is 197 Å². The Balaban J connectivity index is 1.26. The number of benzene rings is 2. The van der Waals surface area contributed by atoms with Gasteiger partial charge in [0.05, 0.1) is 4.90 Å². The minimum atomic E-state index is -3.41. The summed E-state index contributed by atoms with van der Waals surface area (Å²) in [6.07, 6.45) is 3.67. The largest absolute Gasteiger partial charge is 0.342 e. The molecule has 0 radical (unpaired) electrons. The van der Waals surface area contributed by atoms with Crippen molar-refractivity contribution in [2.75, 3.05) is 13.1 Å². The number of fused-ring (bicyclic) bond motifs is 2. The molecule has 0 aliphatic carbocycles. The van der Waals surface area contributed by atoms with Gasteiger partial charge in [-0.2, -0.15) is 4.31 Å². The van der Waals surface area contributed by atoms with Gasteiger partial charge in [-0.1, -0.05) is 30.3 Å². The van der Waals surface area contributed by atoms with Crippen molar-refractivity contribution >= 4 is 33.0 Å². The Hall–Kier alpha value is -2.65. The topological polar surface area (TPSA) is 69.3 Å². The van der Waals surface area contributed by atoms with E-state index in [4.69, 9.17) is 0 Å². The van der Waals surface area contributed by atoms with Gasteiger partial charge in [-0.05, 0) is 71.8 Å². The average Bonchev–Trinajstić information content (AvgIpc) is 3.58. The number of H-pyrrole nitrogens is 1. The normalized spacial score (nSPS) is 17.1. The number of nitrogens with zero attached hydrogens (tertiary/aromatic N) is 3. The van der Waals surface area contributed by atoms with Crippen LogP contribution >= 0.6 is 11.9 Å². The fraction of sp³-hybridized carbons (Fsp3) is 0.240. The number of aromatic nitrogens is 2. The van der Waals surface area contributed by atoms with Crippen molar-refractivity contribution in [3.63, 3.8) is 0 Å². The average molecular weight is 477 g/mol. The fourth-order valence-electron chi connectivity index (χ4n) is 4.67. The summed E-state index contributed by atoms with van der Waals surface area (Å²) in [7, 11) is -3.41. The van der Waals surface area contributed by atoms with Gasteiger partial charge in [0, 0.05) is 48.4 Å². The van der Waals surface area contributed by atoms with Crippen LogP contribution in [0, 0.1) is 0 Å². The van der Waals surface area contributed by atoms with Crippen LogP contribution < -0.4 is 0 Å². The van der Waals surface area contributed by atoms with E-state index in [9.17, 15) is 8.42 Å². The van der Waals surface area contributed by atoms with E-state index in [0.29, 0.717) is 18.0 Å². The predicted octanol–water partition coefficient (Wildman–Crippen LogP) is 5.04. The number of nitrogens with one attached hydrogen (secondary N) is 1. The molecule has 6 nitrogen and oxygen atoms in total. The Morgan fingerprint density at radius 2 is 1.79 bits per heavy atom. The van der Waals surface area contributed by atoms with E-state index in [-0.39, 0.29) is 0 Å². The Morgan fingerprint density at radius 1 is 1.00 bits per heavy atom. The molecule has 0 amide bonds. The first-order chi connectivity index (χ1) is 16.1. The third-order valence-electron chi connectivity index (χ3n) is 6.35. The maximum absolute atomic E-state index is 12.8. The summed E-state index contributed by atoms with van der Waals surface area (Å²) in [6, 6.07) is 19.9. The zero-order valence-electron chi connectivity index (χ0n) is 18.1. The molecule has 6 rings (SSSR count). The van der Waals surface area contributed by atoms with Gasteiger partial charge in [-0.25, -0.2) is 17.7 Å². The third kappa shape index (κ3) is 3.87. The summed E-state index contributed by atoms with van der Waals surface area (Å²) in [5.74, 6) is 0. The molecule has 0 saturated carbocycles. The van der Waals surface area contributed by atoms with Crippen LogP contribution in [0.2, 0.25) is 0 Å². The van der Waals surface area contributed by atoms with Crippen molar-refractivity contribution < 1.29 is 8.42 Å². The van der Waals surface area contributed by atoms with Gasteiger partial charge in [0.15, 0.2) is 0 Å². The van der Waals surface area contributed by atoms with Gasteiger partial charge in [0.25, 0.3) is 0 Å². The summed E-state index contributed by atoms with van der Waals surface area (Å²) in [6.45, 7) is 2.94. The summed E-state index contributed by atoms with van der Waals surface area (Å²) >= 11 is 1.79. The van der Waals surface area contributed by atoms with E-state index in [0.717, 1.165) is 53.8 Å². The van der Waals surface area contributed by atoms with Crippen LogP contribution in [-0.2, 0) is 23.1 Å². The van der Waals surface area contributed by atoms with Crippen LogP contribution in [0.25, 0.3) is 22.2 Å². The molecular formula is C25H24N4O2S2. The molecule has 1 N–H and O–H groups in total. The van der Waals surface area contributed by atoms with Crippen molar-refractivity contribution in [2.45, 2.75) is 35.7 Å². The minimum absolute atomic E-state index is 0.360. The van der Waals surface area contributed by atoms with Gasteiger partial charge < -0.3 is 4.98 Å². The Kier molecular flexibility index (Phi) is 5.25. The SMILES string of the molecule is O=S(=O)(c1ccc(-c2ccnc3[nH]c(CN4Cc5ccccc5S4)cc23)cc1)N1CCCC1. The molecule has 1 fully saturated rings. The molecule has 8 heteroatoms. The first kappa shape index (κ1) is 20.9. The molecule has 0 unspecified atom stereocenters. The number of hydrogen-bond donors (Lipinski definition) is 1. The lowest BCUT2D eigenvalue weighted by Gasteiger charge is -2.15. The number of aromatic amines is 1. The van der Waals surface area contributed by atoms with Gasteiger partial charge in [-0.15, -0.1) is 0 Å². The van der Waals surface area contributed by atoms with E-state index in [2.05, 4.69) is 44.6 Å². The molecule has 0 bridgehead atoms. The highest BCUT2D eigenvalue weighted by molar-refractivity contribution is 7.97. The monoisotopic (exact) mass is 476 g/mol. The quantitative estimate of drug-likeness (QED) is 0.409. The second-order valence-electron chi connectivity index (χ2n) is 8.55. The van der Waals surface area contributed by atoms with Crippen molar-refractivity contribution in [3.05, 3.63) is 78.1 Å². The maximum atomic E-state index is 12.8. The van der Waals surface area contributed by atoms with Gasteiger partial charge in [0.2, 0.25) is 10.0 Å². The minimum Gasteiger partial charge on any atom is -0.342 e. The highest BCUT2D eigenvalue weighted by Gasteiger charge is 2.27. The van der Waals surface area contributed by atoms with Crippen LogP contribution in [0.1, 0.15) is 24.1 Å². The van der Waals surface area contributed by atoms with E-state index < -0.39 is 10.0 Å². The molecule has 33 heavy (non-hydrogen) atoms. The number of hydrogen-bond acceptors (Lipinski definition) is 5. The van der Waals surface area contributed by atoms with E-state index in [1.165, 1.54) is 10.5 Å². The Bertz CT molecular complexity index is 1400. The second-order valence-corrected chi connectivity index (χ2v) is 11.6. The lowest BCUT2D eigenvalue weighted by atomic mass is 10.0. The molecule has 1 saturated heterocycles. The molecular weight excluding hydrogens is 452 g/mol. The summed E-state index contributed by atoms with van der Waals surface area (Å²) in [5.41, 5.74) is 5.35. The van der Waals surface area contributed by atoms with Crippen molar-refractivity contribution in [1.82, 2.24) is 18.6 Å². The van der Waals surface area contributed by atoms with E-state index in [1.807, 2.05) is 18.2 Å². The standard InChI is InChI=1S/C25H24N4O2S2/c30-33(31,29-13-3-4-14-29)21-9-7-18(8-10-21)22-11-12-26-25-23(22)15-20(27-25)17-28-16-19-5-1-2-6-24(19)32-28/h1-2,5-12,15H,3-4,13-14,16-17H2,(H,26,27). The van der Waals surface area contributed by atoms with Crippen molar-refractivity contribution in [3.8, 4) is 11.1 Å². The smallest absolute Gasteiger partial charge is 0.243 e. The first-order valence-corrected chi connectivity index (χ1v) is 13.4. The Morgan fingerprint density at radius 3 is 2.58 bits per heavy atom. The fourth-order valence-corrected chi connectivity index (χ4v) is 7.26. The van der Waals surface area contributed by atoms with Crippen LogP contribution in [0.4, 0.5) is 0 Å². The zero-order chi connectivity index (χ0) is 22.4. The third-order valence-corrected chi connectivity index (χ3v) is 9.37. The lowest BCUT2D eigenvalue weighted by molar-refractivity contribution is 0.470. The number of pyridine rings is 1. The molecule has 0 spiro atoms. The van der Waals surface area contributed by atoms with Gasteiger partial charge in [-0.3, -0.25) is 0 Å². The summed E-state index contributed by atoms with van der Waals surface area (Å²) in [5, 5.41) is 1.05. The summed E-state index contributed by atoms with van der Waals surface area (Å²) < 4.78 is 29.6. The zero-order valence-corrected chi connectivity index (χ0v) is 19.7. The molecule has 168 valence electrons. The highest BCUT2D eigenvalue weighted by atomic mass is 32.2. The molecule has 4 heterocycles. The second kappa shape index (κ2) is 8.29. The first-order valence-electron chi connectivity index (χ1n) is 11.2.